The van der Waals surface area contributed by atoms with Crippen molar-refractivity contribution < 1.29 is 0 Å². The molecule has 0 aromatic heterocycles. The monoisotopic (exact) mass is 294 g/mol. The average Bonchev–Trinajstić information content (AvgIpc) is 2.92. The van der Waals surface area contributed by atoms with Gasteiger partial charge >= 0.3 is 0 Å². The van der Waals surface area contributed by atoms with Crippen LogP contribution in [0.15, 0.2) is 35.3 Å². The van der Waals surface area contributed by atoms with Crippen LogP contribution < -0.4 is 5.32 Å². The second kappa shape index (κ2) is 8.54. The van der Waals surface area contributed by atoms with Crippen LogP contribution in [0.5, 0.6) is 0 Å². The Balaban J connectivity index is 1.62. The van der Waals surface area contributed by atoms with E-state index in [1.54, 1.807) is 0 Å². The average molecular weight is 294 g/mol. The van der Waals surface area contributed by atoms with Crippen molar-refractivity contribution in [1.82, 2.24) is 5.32 Å². The lowest BCUT2D eigenvalue weighted by Crippen LogP contribution is -2.20. The fourth-order valence-corrected chi connectivity index (χ4v) is 3.60. The predicted octanol–water partition coefficient (Wildman–Crippen LogP) is 3.95. The molecule has 0 saturated carbocycles. The van der Waals surface area contributed by atoms with E-state index in [2.05, 4.69) is 46.9 Å². The largest absolute Gasteiger partial charge is 0.365 e. The first kappa shape index (κ1) is 14.8. The SMILES string of the molecule is CSCCCCCNC1=NCC(c2ccccc2)S1. The molecule has 1 atom stereocenters. The molecule has 1 heterocycles. The summed E-state index contributed by atoms with van der Waals surface area (Å²) in [5.74, 6) is 1.28. The summed E-state index contributed by atoms with van der Waals surface area (Å²) in [5.41, 5.74) is 1.38. The predicted molar refractivity (Wildman–Crippen MR) is 89.3 cm³/mol. The lowest BCUT2D eigenvalue weighted by molar-refractivity contribution is 0.702. The maximum absolute atomic E-state index is 4.59. The van der Waals surface area contributed by atoms with E-state index in [1.807, 2.05) is 23.5 Å². The van der Waals surface area contributed by atoms with Gasteiger partial charge in [-0.05, 0) is 30.4 Å². The van der Waals surface area contributed by atoms with Crippen LogP contribution >= 0.6 is 23.5 Å². The Morgan fingerprint density at radius 2 is 2.11 bits per heavy atom. The fourth-order valence-electron chi connectivity index (χ4n) is 2.06. The summed E-state index contributed by atoms with van der Waals surface area (Å²) in [6.45, 7) is 1.96. The fraction of sp³-hybridized carbons (Fsp3) is 0.533. The molecule has 4 heteroatoms. The number of amidine groups is 1. The number of aliphatic imine (C=N–C) groups is 1. The van der Waals surface area contributed by atoms with Crippen LogP contribution in [0.25, 0.3) is 0 Å². The molecule has 1 unspecified atom stereocenters. The van der Waals surface area contributed by atoms with E-state index < -0.39 is 0 Å². The molecule has 0 radical (unpaired) electrons. The normalized spacial score (nSPS) is 18.4. The van der Waals surface area contributed by atoms with E-state index in [0.717, 1.165) is 18.3 Å². The van der Waals surface area contributed by atoms with E-state index in [-0.39, 0.29) is 0 Å². The lowest BCUT2D eigenvalue weighted by Gasteiger charge is -2.09. The number of unbranched alkanes of at least 4 members (excludes halogenated alkanes) is 2. The molecule has 2 rings (SSSR count). The quantitative estimate of drug-likeness (QED) is 0.771. The van der Waals surface area contributed by atoms with Gasteiger partial charge in [-0.2, -0.15) is 11.8 Å². The second-order valence-corrected chi connectivity index (χ2v) is 6.82. The standard InChI is InChI=1S/C15H22N2S2/c1-18-11-7-3-6-10-16-15-17-12-14(19-15)13-8-4-2-5-9-13/h2,4-5,8-9,14H,3,6-7,10-12H2,1H3,(H,16,17). The molecule has 104 valence electrons. The first-order chi connectivity index (χ1) is 9.40. The van der Waals surface area contributed by atoms with Crippen LogP contribution in [0.1, 0.15) is 30.1 Å². The van der Waals surface area contributed by atoms with Crippen molar-refractivity contribution in [2.24, 2.45) is 4.99 Å². The van der Waals surface area contributed by atoms with Crippen LogP contribution in [0.2, 0.25) is 0 Å². The van der Waals surface area contributed by atoms with Crippen LogP contribution in [-0.2, 0) is 0 Å². The van der Waals surface area contributed by atoms with Gasteiger partial charge in [0.05, 0.1) is 11.8 Å². The Morgan fingerprint density at radius 3 is 2.89 bits per heavy atom. The summed E-state index contributed by atoms with van der Waals surface area (Å²) < 4.78 is 0. The van der Waals surface area contributed by atoms with Gasteiger partial charge in [0, 0.05) is 6.54 Å². The van der Waals surface area contributed by atoms with Crippen molar-refractivity contribution in [1.29, 1.82) is 0 Å². The molecule has 1 aromatic rings. The van der Waals surface area contributed by atoms with Gasteiger partial charge in [-0.15, -0.1) is 0 Å². The topological polar surface area (TPSA) is 24.4 Å². The summed E-state index contributed by atoms with van der Waals surface area (Å²) in [5, 5.41) is 5.09. The molecule has 1 N–H and O–H groups in total. The molecule has 0 amide bonds. The first-order valence-corrected chi connectivity index (χ1v) is 9.16. The van der Waals surface area contributed by atoms with Gasteiger partial charge in [-0.3, -0.25) is 4.99 Å². The van der Waals surface area contributed by atoms with E-state index in [0.29, 0.717) is 5.25 Å². The summed E-state index contributed by atoms with van der Waals surface area (Å²) in [6, 6.07) is 10.7. The van der Waals surface area contributed by atoms with Crippen LogP contribution in [0, 0.1) is 0 Å². The number of thioether (sulfide) groups is 2. The van der Waals surface area contributed by atoms with Crippen molar-refractivity contribution in [3.05, 3.63) is 35.9 Å². The third kappa shape index (κ3) is 5.11. The van der Waals surface area contributed by atoms with Crippen molar-refractivity contribution in [2.45, 2.75) is 24.5 Å². The van der Waals surface area contributed by atoms with Crippen molar-refractivity contribution in [3.63, 3.8) is 0 Å². The van der Waals surface area contributed by atoms with Gasteiger partial charge in [-0.1, -0.05) is 48.5 Å². The maximum atomic E-state index is 4.59. The van der Waals surface area contributed by atoms with Crippen LogP contribution in [0.4, 0.5) is 0 Å². The Kier molecular flexibility index (Phi) is 6.65. The molecule has 1 aliphatic rings. The van der Waals surface area contributed by atoms with Gasteiger partial charge in [0.25, 0.3) is 0 Å². The Labute approximate surface area is 124 Å². The number of benzene rings is 1. The minimum atomic E-state index is 0.500. The Morgan fingerprint density at radius 1 is 1.26 bits per heavy atom. The first-order valence-electron chi connectivity index (χ1n) is 6.89. The molecule has 1 aliphatic heterocycles. The Bertz CT molecular complexity index is 392. The zero-order valence-electron chi connectivity index (χ0n) is 11.5. The smallest absolute Gasteiger partial charge is 0.157 e. The van der Waals surface area contributed by atoms with Gasteiger partial charge in [0.2, 0.25) is 0 Å². The summed E-state index contributed by atoms with van der Waals surface area (Å²) in [6.07, 6.45) is 6.06. The molecule has 0 spiro atoms. The van der Waals surface area contributed by atoms with Crippen molar-refractivity contribution in [2.75, 3.05) is 25.1 Å². The van der Waals surface area contributed by atoms with Crippen molar-refractivity contribution >= 4 is 28.7 Å². The highest BCUT2D eigenvalue weighted by molar-refractivity contribution is 8.14. The van der Waals surface area contributed by atoms with E-state index in [1.165, 1.54) is 30.6 Å². The summed E-state index contributed by atoms with van der Waals surface area (Å²) >= 11 is 3.80. The minimum absolute atomic E-state index is 0.500. The molecule has 1 aromatic carbocycles. The lowest BCUT2D eigenvalue weighted by atomic mass is 10.1. The third-order valence-electron chi connectivity index (χ3n) is 3.13. The molecule has 0 aliphatic carbocycles. The number of rotatable bonds is 7. The highest BCUT2D eigenvalue weighted by Crippen LogP contribution is 2.34. The molecule has 0 bridgehead atoms. The molecule has 19 heavy (non-hydrogen) atoms. The number of hydrogen-bond acceptors (Lipinski definition) is 4. The van der Waals surface area contributed by atoms with Gasteiger partial charge < -0.3 is 5.32 Å². The zero-order chi connectivity index (χ0) is 13.3. The van der Waals surface area contributed by atoms with Gasteiger partial charge in [0.1, 0.15) is 0 Å². The minimum Gasteiger partial charge on any atom is -0.365 e. The number of nitrogens with one attached hydrogen (secondary N) is 1. The zero-order valence-corrected chi connectivity index (χ0v) is 13.1. The van der Waals surface area contributed by atoms with Crippen LogP contribution in [0.3, 0.4) is 0 Å². The molecule has 0 fully saturated rings. The van der Waals surface area contributed by atoms with Crippen LogP contribution in [-0.4, -0.2) is 30.3 Å². The second-order valence-electron chi connectivity index (χ2n) is 4.64. The van der Waals surface area contributed by atoms with E-state index in [9.17, 15) is 0 Å². The molecule has 2 nitrogen and oxygen atoms in total. The number of nitrogens with zero attached hydrogens (tertiary/aromatic N) is 1. The summed E-state index contributed by atoms with van der Waals surface area (Å²) in [4.78, 5) is 4.59. The van der Waals surface area contributed by atoms with Crippen molar-refractivity contribution in [3.8, 4) is 0 Å². The third-order valence-corrected chi connectivity index (χ3v) is 5.03. The van der Waals surface area contributed by atoms with E-state index >= 15 is 0 Å². The summed E-state index contributed by atoms with van der Waals surface area (Å²) in [7, 11) is 0. The highest BCUT2D eigenvalue weighted by Gasteiger charge is 2.20. The highest BCUT2D eigenvalue weighted by atomic mass is 32.2. The van der Waals surface area contributed by atoms with Gasteiger partial charge in [-0.25, -0.2) is 0 Å². The molecular formula is C15H22N2S2. The van der Waals surface area contributed by atoms with E-state index in [4.69, 9.17) is 0 Å². The molecular weight excluding hydrogens is 272 g/mol. The van der Waals surface area contributed by atoms with Gasteiger partial charge in [0.15, 0.2) is 5.17 Å². The Hall–Kier alpha value is -0.610. The number of hydrogen-bond donors (Lipinski definition) is 1. The molecule has 0 saturated heterocycles. The maximum Gasteiger partial charge on any atom is 0.157 e.